The maximum absolute atomic E-state index is 11.9. The quantitative estimate of drug-likeness (QED) is 0.557. The number of hydrogen-bond acceptors (Lipinski definition) is 1. The van der Waals surface area contributed by atoms with Gasteiger partial charge in [0.05, 0.1) is 0 Å². The van der Waals surface area contributed by atoms with E-state index in [1.54, 1.807) is 0 Å². The van der Waals surface area contributed by atoms with Crippen LogP contribution in [0.15, 0.2) is 24.3 Å². The van der Waals surface area contributed by atoms with Crippen LogP contribution in [0.25, 0.3) is 0 Å². The molecule has 0 aromatic heterocycles. The van der Waals surface area contributed by atoms with E-state index in [0.717, 1.165) is 11.1 Å². The lowest BCUT2D eigenvalue weighted by atomic mass is 10.1. The van der Waals surface area contributed by atoms with Crippen molar-refractivity contribution >= 4 is 21.8 Å². The van der Waals surface area contributed by atoms with Crippen molar-refractivity contribution in [1.29, 1.82) is 0 Å². The van der Waals surface area contributed by atoms with E-state index in [-0.39, 0.29) is 16.9 Å². The van der Waals surface area contributed by atoms with E-state index in [9.17, 15) is 4.79 Å². The number of benzene rings is 1. The molecule has 1 aromatic carbocycles. The van der Waals surface area contributed by atoms with Crippen LogP contribution in [0.5, 0.6) is 0 Å². The Kier molecular flexibility index (Phi) is 2.35. The highest BCUT2D eigenvalue weighted by Gasteiger charge is 2.35. The number of amides is 1. The third kappa shape index (κ3) is 1.27. The summed E-state index contributed by atoms with van der Waals surface area (Å²) < 4.78 is 0. The second kappa shape index (κ2) is 3.39. The van der Waals surface area contributed by atoms with E-state index in [1.807, 2.05) is 43.0 Å². The van der Waals surface area contributed by atoms with E-state index in [2.05, 4.69) is 15.9 Å². The molecule has 1 heterocycles. The SMILES string of the molecule is CC(C)N1C(=O)c2ccccc2C1Br. The van der Waals surface area contributed by atoms with Gasteiger partial charge < -0.3 is 4.90 Å². The van der Waals surface area contributed by atoms with Gasteiger partial charge in [0.1, 0.15) is 4.95 Å². The molecule has 0 fully saturated rings. The van der Waals surface area contributed by atoms with Gasteiger partial charge in [0, 0.05) is 11.6 Å². The lowest BCUT2D eigenvalue weighted by molar-refractivity contribution is 0.0728. The fourth-order valence-corrected chi connectivity index (χ4v) is 2.85. The second-order valence-corrected chi connectivity index (χ2v) is 4.60. The van der Waals surface area contributed by atoms with Gasteiger partial charge in [0.2, 0.25) is 0 Å². The highest BCUT2D eigenvalue weighted by molar-refractivity contribution is 9.09. The third-order valence-electron chi connectivity index (χ3n) is 2.48. The van der Waals surface area contributed by atoms with E-state index in [0.29, 0.717) is 0 Å². The zero-order valence-corrected chi connectivity index (χ0v) is 9.78. The number of carbonyl (C=O) groups excluding carboxylic acids is 1. The standard InChI is InChI=1S/C11H12BrNO/c1-7(2)13-10(12)8-5-3-4-6-9(8)11(13)14/h3-7,10H,1-2H3. The van der Waals surface area contributed by atoms with Crippen molar-refractivity contribution in [1.82, 2.24) is 4.90 Å². The third-order valence-corrected chi connectivity index (χ3v) is 3.42. The molecule has 0 saturated carbocycles. The van der Waals surface area contributed by atoms with E-state index in [1.165, 1.54) is 0 Å². The average Bonchev–Trinajstić information content (AvgIpc) is 2.41. The Morgan fingerprint density at radius 2 is 2.00 bits per heavy atom. The molecule has 2 nitrogen and oxygen atoms in total. The fourth-order valence-electron chi connectivity index (χ4n) is 1.79. The minimum absolute atomic E-state index is 0.0335. The number of nitrogens with zero attached hydrogens (tertiary/aromatic N) is 1. The van der Waals surface area contributed by atoms with Crippen LogP contribution in [0.1, 0.15) is 34.7 Å². The maximum atomic E-state index is 11.9. The number of halogens is 1. The summed E-state index contributed by atoms with van der Waals surface area (Å²) in [7, 11) is 0. The molecule has 1 amide bonds. The number of rotatable bonds is 1. The Bertz CT molecular complexity index is 375. The van der Waals surface area contributed by atoms with E-state index < -0.39 is 0 Å². The Balaban J connectivity index is 2.48. The Hall–Kier alpha value is -0.830. The Labute approximate surface area is 92.0 Å². The normalized spacial score (nSPS) is 20.4. The molecular formula is C11H12BrNO. The van der Waals surface area contributed by atoms with Gasteiger partial charge in [-0.1, -0.05) is 34.1 Å². The van der Waals surface area contributed by atoms with Gasteiger partial charge in [0.15, 0.2) is 0 Å². The molecule has 0 saturated heterocycles. The van der Waals surface area contributed by atoms with Gasteiger partial charge in [-0.3, -0.25) is 4.79 Å². The fraction of sp³-hybridized carbons (Fsp3) is 0.364. The summed E-state index contributed by atoms with van der Waals surface area (Å²) in [6.45, 7) is 4.05. The first-order valence-corrected chi connectivity index (χ1v) is 5.60. The molecule has 1 atom stereocenters. The van der Waals surface area contributed by atoms with Crippen molar-refractivity contribution in [3.05, 3.63) is 35.4 Å². The zero-order chi connectivity index (χ0) is 10.3. The number of alkyl halides is 1. The van der Waals surface area contributed by atoms with Gasteiger partial charge in [-0.15, -0.1) is 0 Å². The molecule has 0 spiro atoms. The minimum atomic E-state index is 0.0335. The summed E-state index contributed by atoms with van der Waals surface area (Å²) in [4.78, 5) is 13.8. The number of hydrogen-bond donors (Lipinski definition) is 0. The molecule has 0 N–H and O–H groups in total. The minimum Gasteiger partial charge on any atom is -0.319 e. The lowest BCUT2D eigenvalue weighted by Gasteiger charge is -2.24. The smallest absolute Gasteiger partial charge is 0.255 e. The van der Waals surface area contributed by atoms with Gasteiger partial charge in [-0.05, 0) is 25.5 Å². The molecule has 14 heavy (non-hydrogen) atoms. The van der Waals surface area contributed by atoms with Crippen LogP contribution in [-0.2, 0) is 0 Å². The Morgan fingerprint density at radius 1 is 1.36 bits per heavy atom. The van der Waals surface area contributed by atoms with Crippen molar-refractivity contribution in [2.24, 2.45) is 0 Å². The molecule has 2 rings (SSSR count). The van der Waals surface area contributed by atoms with Crippen LogP contribution in [0.2, 0.25) is 0 Å². The van der Waals surface area contributed by atoms with E-state index >= 15 is 0 Å². The number of carbonyl (C=O) groups is 1. The topological polar surface area (TPSA) is 20.3 Å². The molecule has 0 radical (unpaired) electrons. The van der Waals surface area contributed by atoms with Crippen molar-refractivity contribution in [2.75, 3.05) is 0 Å². The highest BCUT2D eigenvalue weighted by atomic mass is 79.9. The molecule has 1 unspecified atom stereocenters. The molecule has 1 aliphatic rings. The summed E-state index contributed by atoms with van der Waals surface area (Å²) >= 11 is 3.55. The molecule has 74 valence electrons. The van der Waals surface area contributed by atoms with Crippen molar-refractivity contribution in [3.63, 3.8) is 0 Å². The summed E-state index contributed by atoms with van der Waals surface area (Å²) in [5, 5.41) is 0. The molecule has 1 aromatic rings. The average molecular weight is 254 g/mol. The number of fused-ring (bicyclic) bond motifs is 1. The second-order valence-electron chi connectivity index (χ2n) is 3.73. The van der Waals surface area contributed by atoms with Crippen LogP contribution < -0.4 is 0 Å². The zero-order valence-electron chi connectivity index (χ0n) is 8.20. The van der Waals surface area contributed by atoms with Crippen LogP contribution in [0, 0.1) is 0 Å². The molecule has 3 heteroatoms. The van der Waals surface area contributed by atoms with Crippen LogP contribution >= 0.6 is 15.9 Å². The summed E-state index contributed by atoms with van der Waals surface area (Å²) in [6, 6.07) is 7.97. The van der Waals surface area contributed by atoms with Crippen molar-refractivity contribution in [2.45, 2.75) is 24.8 Å². The molecular weight excluding hydrogens is 242 g/mol. The van der Waals surface area contributed by atoms with Gasteiger partial charge in [0.25, 0.3) is 5.91 Å². The predicted molar refractivity (Wildman–Crippen MR) is 59.4 cm³/mol. The van der Waals surface area contributed by atoms with Gasteiger partial charge >= 0.3 is 0 Å². The van der Waals surface area contributed by atoms with Gasteiger partial charge in [-0.25, -0.2) is 0 Å². The summed E-state index contributed by atoms with van der Waals surface area (Å²) in [6.07, 6.45) is 0. The van der Waals surface area contributed by atoms with Crippen molar-refractivity contribution in [3.8, 4) is 0 Å². The first-order valence-electron chi connectivity index (χ1n) is 4.68. The molecule has 0 bridgehead atoms. The van der Waals surface area contributed by atoms with Crippen LogP contribution in [-0.4, -0.2) is 16.8 Å². The first kappa shape index (κ1) is 9.71. The summed E-state index contributed by atoms with van der Waals surface area (Å²) in [5.74, 6) is 0.123. The first-order chi connectivity index (χ1) is 6.63. The van der Waals surface area contributed by atoms with Crippen molar-refractivity contribution < 1.29 is 4.79 Å². The largest absolute Gasteiger partial charge is 0.319 e. The van der Waals surface area contributed by atoms with Gasteiger partial charge in [-0.2, -0.15) is 0 Å². The lowest BCUT2D eigenvalue weighted by Crippen LogP contribution is -2.32. The van der Waals surface area contributed by atoms with Crippen LogP contribution in [0.3, 0.4) is 0 Å². The monoisotopic (exact) mass is 253 g/mol. The Morgan fingerprint density at radius 3 is 2.57 bits per heavy atom. The maximum Gasteiger partial charge on any atom is 0.255 e. The summed E-state index contributed by atoms with van der Waals surface area (Å²) in [5.41, 5.74) is 1.90. The van der Waals surface area contributed by atoms with Crippen LogP contribution in [0.4, 0.5) is 0 Å². The molecule has 0 aliphatic carbocycles. The highest BCUT2D eigenvalue weighted by Crippen LogP contribution is 2.38. The van der Waals surface area contributed by atoms with E-state index in [4.69, 9.17) is 0 Å². The predicted octanol–water partition coefficient (Wildman–Crippen LogP) is 2.94. The molecule has 1 aliphatic heterocycles.